The largest absolute Gasteiger partial charge is 0.321 e. The second-order valence-electron chi connectivity index (χ2n) is 10.9. The predicted molar refractivity (Wildman–Crippen MR) is 186 cm³/mol. The summed E-state index contributed by atoms with van der Waals surface area (Å²) in [5, 5.41) is 8.76. The Morgan fingerprint density at radius 1 is 0.844 bits per heavy atom. The van der Waals surface area contributed by atoms with E-state index < -0.39 is 11.2 Å². The molecule has 0 fully saturated rings. The molecule has 5 aromatic rings. The van der Waals surface area contributed by atoms with E-state index in [1.54, 1.807) is 42.5 Å². The number of hydrogen-bond acceptors (Lipinski definition) is 6. The Morgan fingerprint density at radius 2 is 1.60 bits per heavy atom. The van der Waals surface area contributed by atoms with E-state index in [2.05, 4.69) is 40.8 Å². The number of nitrogens with zero attached hydrogens (tertiary/aromatic N) is 1. The first kappa shape index (κ1) is 31.7. The number of nitrogens with one attached hydrogen (secondary N) is 3. The molecular weight excluding hydrogens is 601 g/mol. The van der Waals surface area contributed by atoms with E-state index in [9.17, 15) is 14.4 Å². The van der Waals surface area contributed by atoms with E-state index in [-0.39, 0.29) is 17.5 Å². The van der Waals surface area contributed by atoms with Gasteiger partial charge in [-0.15, -0.1) is 11.8 Å². The maximum Gasteiger partial charge on any atom is 0.272 e. The van der Waals surface area contributed by atoms with Gasteiger partial charge in [-0.2, -0.15) is 0 Å². The quantitative estimate of drug-likeness (QED) is 0.106. The maximum absolute atomic E-state index is 13.5. The van der Waals surface area contributed by atoms with Gasteiger partial charge in [-0.05, 0) is 85.0 Å². The van der Waals surface area contributed by atoms with Gasteiger partial charge in [0.25, 0.3) is 11.8 Å². The monoisotopic (exact) mass is 634 g/mol. The molecule has 0 aliphatic carbocycles. The summed E-state index contributed by atoms with van der Waals surface area (Å²) < 4.78 is 1.02. The van der Waals surface area contributed by atoms with Crippen molar-refractivity contribution in [2.75, 3.05) is 10.6 Å². The van der Waals surface area contributed by atoms with Gasteiger partial charge in [-0.25, -0.2) is 4.98 Å². The van der Waals surface area contributed by atoms with Crippen LogP contribution in [0.25, 0.3) is 16.3 Å². The molecule has 3 amide bonds. The minimum Gasteiger partial charge on any atom is -0.321 e. The van der Waals surface area contributed by atoms with Crippen LogP contribution in [0.4, 0.5) is 10.8 Å². The number of anilines is 2. The van der Waals surface area contributed by atoms with Crippen molar-refractivity contribution in [2.24, 2.45) is 0 Å². The molecule has 0 saturated carbocycles. The van der Waals surface area contributed by atoms with Gasteiger partial charge in [0, 0.05) is 16.1 Å². The van der Waals surface area contributed by atoms with Gasteiger partial charge in [0.05, 0.1) is 15.5 Å². The van der Waals surface area contributed by atoms with Gasteiger partial charge in [-0.1, -0.05) is 79.8 Å². The topological polar surface area (TPSA) is 100 Å². The molecule has 1 heterocycles. The lowest BCUT2D eigenvalue weighted by molar-refractivity contribution is -0.115. The fraction of sp³-hybridized carbons (Fsp3) is 0.167. The highest BCUT2D eigenvalue weighted by molar-refractivity contribution is 8.00. The molecule has 228 valence electrons. The smallest absolute Gasteiger partial charge is 0.272 e. The van der Waals surface area contributed by atoms with E-state index in [0.717, 1.165) is 26.2 Å². The molecule has 0 saturated heterocycles. The SMILES string of the molecule is Cc1ccc2nc(NC(=O)C(C)Sc3cccc(NC(=O)/C(=C\c4ccc(C(C)C)cc4)NC(=O)c4ccccc4)c3)sc2c1. The van der Waals surface area contributed by atoms with E-state index in [4.69, 9.17) is 0 Å². The summed E-state index contributed by atoms with van der Waals surface area (Å²) in [6.45, 7) is 8.09. The zero-order chi connectivity index (χ0) is 31.9. The van der Waals surface area contributed by atoms with Crippen molar-refractivity contribution in [3.05, 3.63) is 125 Å². The highest BCUT2D eigenvalue weighted by Gasteiger charge is 2.18. The van der Waals surface area contributed by atoms with Crippen LogP contribution in [0.5, 0.6) is 0 Å². The molecule has 45 heavy (non-hydrogen) atoms. The van der Waals surface area contributed by atoms with Crippen molar-refractivity contribution >= 4 is 67.9 Å². The van der Waals surface area contributed by atoms with Crippen LogP contribution in [-0.4, -0.2) is 28.0 Å². The molecule has 9 heteroatoms. The van der Waals surface area contributed by atoms with Crippen LogP contribution in [0, 0.1) is 6.92 Å². The number of rotatable bonds is 10. The second kappa shape index (κ2) is 14.4. The van der Waals surface area contributed by atoms with Gasteiger partial charge < -0.3 is 16.0 Å². The van der Waals surface area contributed by atoms with Crippen LogP contribution in [0.3, 0.4) is 0 Å². The Morgan fingerprint density at radius 3 is 2.33 bits per heavy atom. The Labute approximate surface area is 271 Å². The molecule has 0 radical (unpaired) electrons. The van der Waals surface area contributed by atoms with Crippen LogP contribution in [0.15, 0.2) is 108 Å². The van der Waals surface area contributed by atoms with Crippen LogP contribution < -0.4 is 16.0 Å². The van der Waals surface area contributed by atoms with Crippen molar-refractivity contribution in [1.29, 1.82) is 0 Å². The van der Waals surface area contributed by atoms with Crippen molar-refractivity contribution < 1.29 is 14.4 Å². The minimum absolute atomic E-state index is 0.109. The molecule has 0 aliphatic rings. The third-order valence-electron chi connectivity index (χ3n) is 6.99. The highest BCUT2D eigenvalue weighted by atomic mass is 32.2. The summed E-state index contributed by atoms with van der Waals surface area (Å²) in [6, 6.07) is 29.9. The number of aryl methyl sites for hydroxylation is 1. The first-order valence-corrected chi connectivity index (χ1v) is 16.3. The van der Waals surface area contributed by atoms with E-state index in [1.807, 2.05) is 68.4 Å². The molecular formula is C36H34N4O3S2. The number of carbonyl (C=O) groups is 3. The first-order chi connectivity index (χ1) is 21.6. The third-order valence-corrected chi connectivity index (χ3v) is 9.02. The standard InChI is InChI=1S/C36H34N4O3S2/c1-22(2)26-16-14-25(15-17-26)20-31(38-34(42)27-9-6-5-7-10-27)35(43)37-28-11-8-12-29(21-28)44-24(4)33(41)40-36-39-30-18-13-23(3)19-32(30)45-36/h5-22,24H,1-4H3,(H,37,43)(H,38,42)(H,39,40,41)/b31-20+. The molecule has 1 aromatic heterocycles. The zero-order valence-electron chi connectivity index (χ0n) is 25.5. The summed E-state index contributed by atoms with van der Waals surface area (Å²) in [5.74, 6) is -0.642. The molecule has 5 rings (SSSR count). The summed E-state index contributed by atoms with van der Waals surface area (Å²) in [4.78, 5) is 44.8. The average molecular weight is 635 g/mol. The maximum atomic E-state index is 13.5. The molecule has 0 aliphatic heterocycles. The second-order valence-corrected chi connectivity index (χ2v) is 13.4. The van der Waals surface area contributed by atoms with Crippen molar-refractivity contribution in [1.82, 2.24) is 10.3 Å². The normalized spacial score (nSPS) is 12.2. The number of benzene rings is 4. The van der Waals surface area contributed by atoms with Gasteiger partial charge >= 0.3 is 0 Å². The molecule has 0 spiro atoms. The Kier molecular flexibility index (Phi) is 10.1. The van der Waals surface area contributed by atoms with Crippen molar-refractivity contribution in [3.8, 4) is 0 Å². The molecule has 7 nitrogen and oxygen atoms in total. The fourth-order valence-corrected chi connectivity index (χ4v) is 6.38. The van der Waals surface area contributed by atoms with Crippen molar-refractivity contribution in [2.45, 2.75) is 43.8 Å². The third kappa shape index (κ3) is 8.47. The van der Waals surface area contributed by atoms with Gasteiger partial charge in [-0.3, -0.25) is 14.4 Å². The fourth-order valence-electron chi connectivity index (χ4n) is 4.48. The number of amides is 3. The zero-order valence-corrected chi connectivity index (χ0v) is 27.1. The van der Waals surface area contributed by atoms with Crippen LogP contribution in [0.1, 0.15) is 53.7 Å². The first-order valence-electron chi connectivity index (χ1n) is 14.6. The lowest BCUT2D eigenvalue weighted by Crippen LogP contribution is -2.30. The molecule has 0 bridgehead atoms. The summed E-state index contributed by atoms with van der Waals surface area (Å²) in [7, 11) is 0. The Hall–Kier alpha value is -4.73. The number of aromatic nitrogens is 1. The Balaban J connectivity index is 1.28. The molecule has 1 atom stereocenters. The number of thiazole rings is 1. The average Bonchev–Trinajstić information content (AvgIpc) is 3.42. The van der Waals surface area contributed by atoms with E-state index >= 15 is 0 Å². The van der Waals surface area contributed by atoms with Gasteiger partial charge in [0.15, 0.2) is 5.13 Å². The lowest BCUT2D eigenvalue weighted by atomic mass is 10.0. The summed E-state index contributed by atoms with van der Waals surface area (Å²) in [5.41, 5.74) is 5.04. The minimum atomic E-state index is -0.466. The highest BCUT2D eigenvalue weighted by Crippen LogP contribution is 2.30. The van der Waals surface area contributed by atoms with Crippen LogP contribution in [0.2, 0.25) is 0 Å². The van der Waals surface area contributed by atoms with Crippen LogP contribution in [-0.2, 0) is 9.59 Å². The van der Waals surface area contributed by atoms with Crippen LogP contribution >= 0.6 is 23.1 Å². The molecule has 3 N–H and O–H groups in total. The predicted octanol–water partition coefficient (Wildman–Crippen LogP) is 8.26. The number of carbonyl (C=O) groups excluding carboxylic acids is 3. The summed E-state index contributed by atoms with van der Waals surface area (Å²) >= 11 is 2.82. The molecule has 4 aromatic carbocycles. The van der Waals surface area contributed by atoms with E-state index in [1.165, 1.54) is 28.7 Å². The lowest BCUT2D eigenvalue weighted by Gasteiger charge is -2.14. The number of hydrogen-bond donors (Lipinski definition) is 3. The summed E-state index contributed by atoms with van der Waals surface area (Å²) in [6.07, 6.45) is 1.66. The molecule has 1 unspecified atom stereocenters. The van der Waals surface area contributed by atoms with Gasteiger partial charge in [0.2, 0.25) is 5.91 Å². The Bertz CT molecular complexity index is 1860. The van der Waals surface area contributed by atoms with Gasteiger partial charge in [0.1, 0.15) is 5.70 Å². The number of thioether (sulfide) groups is 1. The number of fused-ring (bicyclic) bond motifs is 1. The van der Waals surface area contributed by atoms with Crippen molar-refractivity contribution in [3.63, 3.8) is 0 Å². The van der Waals surface area contributed by atoms with E-state index in [0.29, 0.717) is 22.3 Å².